The van der Waals surface area contributed by atoms with Crippen molar-refractivity contribution >= 4 is 29.3 Å². The van der Waals surface area contributed by atoms with Crippen molar-refractivity contribution in [3.63, 3.8) is 0 Å². The number of para-hydroxylation sites is 1. The lowest BCUT2D eigenvalue weighted by Gasteiger charge is -2.10. The molecule has 4 nitrogen and oxygen atoms in total. The summed E-state index contributed by atoms with van der Waals surface area (Å²) >= 11 is 1.20. The molecule has 0 bridgehead atoms. The van der Waals surface area contributed by atoms with E-state index in [0.29, 0.717) is 0 Å². The maximum absolute atomic E-state index is 13.3. The van der Waals surface area contributed by atoms with Gasteiger partial charge in [0.15, 0.2) is 0 Å². The number of thioether (sulfide) groups is 1. The summed E-state index contributed by atoms with van der Waals surface area (Å²) in [5.41, 5.74) is -0.460. The normalized spacial score (nSPS) is 11.8. The number of nitrogens with one attached hydrogen (secondary N) is 1. The molecule has 0 fully saturated rings. The Morgan fingerprint density at radius 1 is 1.35 bits per heavy atom. The van der Waals surface area contributed by atoms with Crippen molar-refractivity contribution in [1.29, 1.82) is 0 Å². The fourth-order valence-electron chi connectivity index (χ4n) is 1.39. The molecule has 0 aromatic heterocycles. The van der Waals surface area contributed by atoms with Crippen LogP contribution >= 0.6 is 11.8 Å². The molecule has 0 aliphatic heterocycles. The average Bonchev–Trinajstić information content (AvgIpc) is 2.40. The Kier molecular flexibility index (Phi) is 6.44. The SMILES string of the molecule is COC(=O)CC(C)SCC(=O)Nc1c(F)cccc1F. The Labute approximate surface area is 119 Å². The number of hydrogen-bond donors (Lipinski definition) is 1. The van der Waals surface area contributed by atoms with E-state index in [1.807, 2.05) is 0 Å². The van der Waals surface area contributed by atoms with Crippen LogP contribution in [0.3, 0.4) is 0 Å². The molecule has 1 unspecified atom stereocenters. The second kappa shape index (κ2) is 7.84. The first-order valence-electron chi connectivity index (χ1n) is 5.86. The van der Waals surface area contributed by atoms with Gasteiger partial charge in [-0.3, -0.25) is 9.59 Å². The molecule has 0 aliphatic rings. The predicted molar refractivity (Wildman–Crippen MR) is 73.5 cm³/mol. The zero-order chi connectivity index (χ0) is 15.1. The second-order valence-electron chi connectivity index (χ2n) is 4.05. The summed E-state index contributed by atoms with van der Waals surface area (Å²) in [5, 5.41) is 2.05. The molecular weight excluding hydrogens is 288 g/mol. The average molecular weight is 303 g/mol. The van der Waals surface area contributed by atoms with E-state index in [4.69, 9.17) is 0 Å². The molecule has 1 aromatic rings. The van der Waals surface area contributed by atoms with Gasteiger partial charge in [0.2, 0.25) is 5.91 Å². The van der Waals surface area contributed by atoms with Crippen LogP contribution < -0.4 is 5.32 Å². The maximum Gasteiger partial charge on any atom is 0.306 e. The van der Waals surface area contributed by atoms with Crippen LogP contribution in [0.5, 0.6) is 0 Å². The highest BCUT2D eigenvalue weighted by atomic mass is 32.2. The van der Waals surface area contributed by atoms with E-state index < -0.39 is 23.2 Å². The van der Waals surface area contributed by atoms with Crippen LogP contribution in [-0.4, -0.2) is 30.0 Å². The predicted octanol–water partition coefficient (Wildman–Crippen LogP) is 2.59. The third kappa shape index (κ3) is 5.16. The lowest BCUT2D eigenvalue weighted by molar-refractivity contribution is -0.140. The molecule has 0 radical (unpaired) electrons. The Morgan fingerprint density at radius 3 is 2.50 bits per heavy atom. The van der Waals surface area contributed by atoms with Crippen LogP contribution in [0.15, 0.2) is 18.2 Å². The van der Waals surface area contributed by atoms with E-state index in [0.717, 1.165) is 12.1 Å². The van der Waals surface area contributed by atoms with Gasteiger partial charge in [-0.15, -0.1) is 11.8 Å². The minimum atomic E-state index is -0.828. The van der Waals surface area contributed by atoms with Gasteiger partial charge in [0, 0.05) is 5.25 Å². The highest BCUT2D eigenvalue weighted by Crippen LogP contribution is 2.19. The number of rotatable bonds is 6. The molecule has 1 atom stereocenters. The molecule has 1 aromatic carbocycles. The van der Waals surface area contributed by atoms with Crippen LogP contribution in [-0.2, 0) is 14.3 Å². The van der Waals surface area contributed by atoms with Crippen LogP contribution in [0.2, 0.25) is 0 Å². The summed E-state index contributed by atoms with van der Waals surface area (Å²) in [5.74, 6) is -2.57. The lowest BCUT2D eigenvalue weighted by Crippen LogP contribution is -2.18. The molecule has 0 heterocycles. The van der Waals surface area contributed by atoms with Gasteiger partial charge >= 0.3 is 5.97 Å². The maximum atomic E-state index is 13.3. The van der Waals surface area contributed by atoms with E-state index in [2.05, 4.69) is 10.1 Å². The number of benzene rings is 1. The lowest BCUT2D eigenvalue weighted by atomic mass is 10.3. The Balaban J connectivity index is 2.46. The summed E-state index contributed by atoms with van der Waals surface area (Å²) in [7, 11) is 1.29. The topological polar surface area (TPSA) is 55.4 Å². The van der Waals surface area contributed by atoms with Crippen molar-refractivity contribution in [2.75, 3.05) is 18.2 Å². The first kappa shape index (κ1) is 16.4. The van der Waals surface area contributed by atoms with Crippen LogP contribution in [0.4, 0.5) is 14.5 Å². The second-order valence-corrected chi connectivity index (χ2v) is 5.47. The molecule has 0 saturated heterocycles. The van der Waals surface area contributed by atoms with Gasteiger partial charge in [-0.2, -0.15) is 0 Å². The summed E-state index contributed by atoms with van der Waals surface area (Å²) in [6.07, 6.45) is 0.169. The van der Waals surface area contributed by atoms with Gasteiger partial charge in [0.1, 0.15) is 17.3 Å². The van der Waals surface area contributed by atoms with Crippen molar-refractivity contribution in [1.82, 2.24) is 0 Å². The van der Waals surface area contributed by atoms with E-state index in [1.165, 1.54) is 24.9 Å². The van der Waals surface area contributed by atoms with E-state index in [-0.39, 0.29) is 23.4 Å². The van der Waals surface area contributed by atoms with Crippen molar-refractivity contribution in [3.8, 4) is 0 Å². The van der Waals surface area contributed by atoms with Crippen molar-refractivity contribution < 1.29 is 23.1 Å². The zero-order valence-electron chi connectivity index (χ0n) is 11.1. The number of carbonyl (C=O) groups excluding carboxylic acids is 2. The van der Waals surface area contributed by atoms with Crippen LogP contribution in [0.25, 0.3) is 0 Å². The molecule has 110 valence electrons. The summed E-state index contributed by atoms with van der Waals surface area (Å²) in [6.45, 7) is 1.76. The molecule has 1 rings (SSSR count). The number of halogens is 2. The molecule has 0 aliphatic carbocycles. The Bertz CT molecular complexity index is 476. The highest BCUT2D eigenvalue weighted by Gasteiger charge is 2.14. The third-order valence-electron chi connectivity index (χ3n) is 2.41. The number of methoxy groups -OCH3 is 1. The minimum absolute atomic E-state index is 0.00800. The van der Waals surface area contributed by atoms with Crippen molar-refractivity contribution in [3.05, 3.63) is 29.8 Å². The molecule has 20 heavy (non-hydrogen) atoms. The molecule has 1 amide bonds. The molecule has 0 saturated carbocycles. The van der Waals surface area contributed by atoms with Crippen LogP contribution in [0, 0.1) is 11.6 Å². The number of esters is 1. The first-order chi connectivity index (χ1) is 9.43. The Morgan fingerprint density at radius 2 is 1.95 bits per heavy atom. The molecule has 1 N–H and O–H groups in total. The van der Waals surface area contributed by atoms with E-state index in [9.17, 15) is 18.4 Å². The third-order valence-corrected chi connectivity index (χ3v) is 3.57. The number of ether oxygens (including phenoxy) is 1. The van der Waals surface area contributed by atoms with Crippen LogP contribution in [0.1, 0.15) is 13.3 Å². The number of carbonyl (C=O) groups is 2. The Hall–Kier alpha value is -1.63. The number of anilines is 1. The number of hydrogen-bond acceptors (Lipinski definition) is 4. The molecule has 7 heteroatoms. The monoisotopic (exact) mass is 303 g/mol. The van der Waals surface area contributed by atoms with Gasteiger partial charge in [0.05, 0.1) is 19.3 Å². The smallest absolute Gasteiger partial charge is 0.306 e. The van der Waals surface area contributed by atoms with E-state index in [1.54, 1.807) is 6.92 Å². The summed E-state index contributed by atoms with van der Waals surface area (Å²) in [6, 6.07) is 3.34. The van der Waals surface area contributed by atoms with Gasteiger partial charge in [-0.05, 0) is 12.1 Å². The summed E-state index contributed by atoms with van der Waals surface area (Å²) in [4.78, 5) is 22.6. The van der Waals surface area contributed by atoms with Gasteiger partial charge in [-0.1, -0.05) is 13.0 Å². The van der Waals surface area contributed by atoms with Gasteiger partial charge in [-0.25, -0.2) is 8.78 Å². The fraction of sp³-hybridized carbons (Fsp3) is 0.385. The van der Waals surface area contributed by atoms with Crippen molar-refractivity contribution in [2.45, 2.75) is 18.6 Å². The number of amides is 1. The zero-order valence-corrected chi connectivity index (χ0v) is 11.9. The van der Waals surface area contributed by atoms with Gasteiger partial charge < -0.3 is 10.1 Å². The minimum Gasteiger partial charge on any atom is -0.469 e. The van der Waals surface area contributed by atoms with E-state index >= 15 is 0 Å². The molecule has 0 spiro atoms. The highest BCUT2D eigenvalue weighted by molar-refractivity contribution is 8.00. The fourth-order valence-corrected chi connectivity index (χ4v) is 2.15. The standard InChI is InChI=1S/C13H15F2NO3S/c1-8(6-12(18)19-2)20-7-11(17)16-13-9(14)4-3-5-10(13)15/h3-5,8H,6-7H2,1-2H3,(H,16,17). The van der Waals surface area contributed by atoms with Crippen molar-refractivity contribution in [2.24, 2.45) is 0 Å². The first-order valence-corrected chi connectivity index (χ1v) is 6.91. The largest absolute Gasteiger partial charge is 0.469 e. The molecular formula is C13H15F2NO3S. The quantitative estimate of drug-likeness (QED) is 0.821. The summed E-state index contributed by atoms with van der Waals surface area (Å²) < 4.78 is 31.1. The van der Waals surface area contributed by atoms with Gasteiger partial charge in [0.25, 0.3) is 0 Å².